The van der Waals surface area contributed by atoms with E-state index in [-0.39, 0.29) is 0 Å². The maximum Gasteiger partial charge on any atom is 0.190 e. The Morgan fingerprint density at radius 3 is 2.92 bits per heavy atom. The van der Waals surface area contributed by atoms with Gasteiger partial charge in [0.1, 0.15) is 5.75 Å². The van der Waals surface area contributed by atoms with Gasteiger partial charge in [0.2, 0.25) is 0 Å². The Morgan fingerprint density at radius 2 is 2.21 bits per heavy atom. The average molecular weight is 332 g/mol. The summed E-state index contributed by atoms with van der Waals surface area (Å²) in [6, 6.07) is 8.32. The minimum Gasteiger partial charge on any atom is -0.497 e. The second-order valence-corrected chi connectivity index (χ2v) is 6.86. The van der Waals surface area contributed by atoms with Crippen LogP contribution in [0.1, 0.15) is 26.7 Å². The summed E-state index contributed by atoms with van der Waals surface area (Å²) in [5.74, 6) is 3.18. The summed E-state index contributed by atoms with van der Waals surface area (Å²) in [4.78, 5) is 6.74. The number of anilines is 1. The summed E-state index contributed by atoms with van der Waals surface area (Å²) in [7, 11) is 3.55. The van der Waals surface area contributed by atoms with Crippen LogP contribution in [0.5, 0.6) is 5.75 Å². The Bertz CT molecular complexity index is 530. The zero-order valence-corrected chi connectivity index (χ0v) is 15.5. The summed E-state index contributed by atoms with van der Waals surface area (Å²) >= 11 is 0. The number of methoxy groups -OCH3 is 1. The molecule has 0 spiro atoms. The smallest absolute Gasteiger partial charge is 0.190 e. The summed E-state index contributed by atoms with van der Waals surface area (Å²) in [6.07, 6.45) is 2.36. The molecule has 5 heteroatoms. The Morgan fingerprint density at radius 1 is 1.38 bits per heavy atom. The number of rotatable bonds is 7. The molecule has 0 bridgehead atoms. The van der Waals surface area contributed by atoms with E-state index >= 15 is 0 Å². The Kier molecular flexibility index (Phi) is 7.22. The first kappa shape index (κ1) is 18.4. The summed E-state index contributed by atoms with van der Waals surface area (Å²) in [5, 5.41) is 6.86. The third-order valence-electron chi connectivity index (χ3n) is 4.50. The molecule has 24 heavy (non-hydrogen) atoms. The van der Waals surface area contributed by atoms with E-state index in [0.29, 0.717) is 11.8 Å². The van der Waals surface area contributed by atoms with Crippen molar-refractivity contribution in [3.63, 3.8) is 0 Å². The Labute approximate surface area is 146 Å². The largest absolute Gasteiger partial charge is 0.497 e. The van der Waals surface area contributed by atoms with Crippen molar-refractivity contribution < 1.29 is 4.74 Å². The van der Waals surface area contributed by atoms with Crippen LogP contribution in [0.2, 0.25) is 0 Å². The van der Waals surface area contributed by atoms with Gasteiger partial charge in [-0.1, -0.05) is 19.9 Å². The first-order chi connectivity index (χ1) is 11.6. The first-order valence-corrected chi connectivity index (χ1v) is 8.96. The third kappa shape index (κ3) is 5.62. The summed E-state index contributed by atoms with van der Waals surface area (Å²) < 4.78 is 5.33. The van der Waals surface area contributed by atoms with Crippen LogP contribution in [0, 0.1) is 11.8 Å². The molecule has 1 saturated heterocycles. The highest BCUT2D eigenvalue weighted by Crippen LogP contribution is 2.26. The highest BCUT2D eigenvalue weighted by Gasteiger charge is 2.23. The van der Waals surface area contributed by atoms with Gasteiger partial charge in [-0.15, -0.1) is 0 Å². The number of nitrogens with zero attached hydrogens (tertiary/aromatic N) is 2. The fourth-order valence-corrected chi connectivity index (χ4v) is 2.98. The predicted octanol–water partition coefficient (Wildman–Crippen LogP) is 2.73. The molecule has 0 saturated carbocycles. The number of guanidine groups is 1. The van der Waals surface area contributed by atoms with Gasteiger partial charge >= 0.3 is 0 Å². The standard InChI is InChI=1S/C19H32N4O/c1-15(2)8-10-21-19(20-3)22-13-16-9-11-23(14-16)17-6-5-7-18(12-17)24-4/h5-7,12,15-16H,8-11,13-14H2,1-4H3,(H2,20,21,22). The van der Waals surface area contributed by atoms with E-state index in [1.54, 1.807) is 7.11 Å². The van der Waals surface area contributed by atoms with Crippen LogP contribution in [0.4, 0.5) is 5.69 Å². The molecule has 1 atom stereocenters. The SMILES string of the molecule is CN=C(NCCC(C)C)NCC1CCN(c2cccc(OC)c2)C1. The van der Waals surface area contributed by atoms with Gasteiger partial charge < -0.3 is 20.3 Å². The van der Waals surface area contributed by atoms with Crippen molar-refractivity contribution in [1.82, 2.24) is 10.6 Å². The second kappa shape index (κ2) is 9.40. The van der Waals surface area contributed by atoms with Crippen LogP contribution in [0.15, 0.2) is 29.3 Å². The molecule has 134 valence electrons. The molecule has 0 aromatic heterocycles. The Balaban J connectivity index is 1.76. The van der Waals surface area contributed by atoms with Gasteiger partial charge in [0, 0.05) is 45.0 Å². The van der Waals surface area contributed by atoms with Crippen molar-refractivity contribution in [1.29, 1.82) is 0 Å². The van der Waals surface area contributed by atoms with E-state index < -0.39 is 0 Å². The molecule has 1 aromatic rings. The molecule has 1 aromatic carbocycles. The fourth-order valence-electron chi connectivity index (χ4n) is 2.98. The van der Waals surface area contributed by atoms with Crippen molar-refractivity contribution in [2.75, 3.05) is 45.2 Å². The summed E-state index contributed by atoms with van der Waals surface area (Å²) in [6.45, 7) is 8.58. The average Bonchev–Trinajstić information content (AvgIpc) is 3.06. The zero-order chi connectivity index (χ0) is 17.4. The Hall–Kier alpha value is -1.91. The number of ether oxygens (including phenoxy) is 1. The van der Waals surface area contributed by atoms with E-state index in [1.165, 1.54) is 12.1 Å². The minimum absolute atomic E-state index is 0.639. The van der Waals surface area contributed by atoms with E-state index in [1.807, 2.05) is 13.1 Å². The van der Waals surface area contributed by atoms with Crippen LogP contribution in [0.3, 0.4) is 0 Å². The van der Waals surface area contributed by atoms with E-state index in [2.05, 4.69) is 52.6 Å². The van der Waals surface area contributed by atoms with Crippen LogP contribution < -0.4 is 20.3 Å². The normalized spacial score (nSPS) is 18.1. The van der Waals surface area contributed by atoms with E-state index in [9.17, 15) is 0 Å². The summed E-state index contributed by atoms with van der Waals surface area (Å²) in [5.41, 5.74) is 1.25. The van der Waals surface area contributed by atoms with Crippen molar-refractivity contribution in [2.45, 2.75) is 26.7 Å². The van der Waals surface area contributed by atoms with Gasteiger partial charge in [-0.3, -0.25) is 4.99 Å². The van der Waals surface area contributed by atoms with Gasteiger partial charge in [0.05, 0.1) is 7.11 Å². The molecule has 0 amide bonds. The lowest BCUT2D eigenvalue weighted by Gasteiger charge is -2.20. The molecular formula is C19H32N4O. The van der Waals surface area contributed by atoms with Crippen molar-refractivity contribution >= 4 is 11.6 Å². The van der Waals surface area contributed by atoms with Gasteiger partial charge in [-0.25, -0.2) is 0 Å². The van der Waals surface area contributed by atoms with Crippen LogP contribution >= 0.6 is 0 Å². The molecule has 1 aliphatic heterocycles. The van der Waals surface area contributed by atoms with Gasteiger partial charge in [0.25, 0.3) is 0 Å². The molecule has 1 aliphatic rings. The van der Waals surface area contributed by atoms with Crippen LogP contribution in [-0.2, 0) is 0 Å². The molecule has 2 rings (SSSR count). The second-order valence-electron chi connectivity index (χ2n) is 6.86. The molecule has 0 radical (unpaired) electrons. The molecule has 1 fully saturated rings. The van der Waals surface area contributed by atoms with Crippen LogP contribution in [-0.4, -0.2) is 46.3 Å². The maximum absolute atomic E-state index is 5.33. The molecule has 5 nitrogen and oxygen atoms in total. The number of nitrogens with one attached hydrogen (secondary N) is 2. The molecule has 1 heterocycles. The van der Waals surface area contributed by atoms with Crippen molar-refractivity contribution in [3.8, 4) is 5.75 Å². The predicted molar refractivity (Wildman–Crippen MR) is 102 cm³/mol. The monoisotopic (exact) mass is 332 g/mol. The number of benzene rings is 1. The maximum atomic E-state index is 5.33. The lowest BCUT2D eigenvalue weighted by Crippen LogP contribution is -2.40. The first-order valence-electron chi connectivity index (χ1n) is 8.96. The molecule has 0 aliphatic carbocycles. The molecular weight excluding hydrogens is 300 g/mol. The van der Waals surface area contributed by atoms with Gasteiger partial charge in [-0.2, -0.15) is 0 Å². The highest BCUT2D eigenvalue weighted by molar-refractivity contribution is 5.79. The van der Waals surface area contributed by atoms with Gasteiger partial charge in [0.15, 0.2) is 5.96 Å². The van der Waals surface area contributed by atoms with Crippen LogP contribution in [0.25, 0.3) is 0 Å². The number of aliphatic imine (C=N–C) groups is 1. The lowest BCUT2D eigenvalue weighted by molar-refractivity contribution is 0.415. The quantitative estimate of drug-likeness (QED) is 0.595. The highest BCUT2D eigenvalue weighted by atomic mass is 16.5. The fraction of sp³-hybridized carbons (Fsp3) is 0.632. The number of hydrogen-bond acceptors (Lipinski definition) is 3. The lowest BCUT2D eigenvalue weighted by atomic mass is 10.1. The van der Waals surface area contributed by atoms with E-state index in [0.717, 1.165) is 44.3 Å². The third-order valence-corrected chi connectivity index (χ3v) is 4.50. The van der Waals surface area contributed by atoms with Crippen molar-refractivity contribution in [2.24, 2.45) is 16.8 Å². The van der Waals surface area contributed by atoms with Crippen molar-refractivity contribution in [3.05, 3.63) is 24.3 Å². The molecule has 2 N–H and O–H groups in total. The number of hydrogen-bond donors (Lipinski definition) is 2. The molecule has 1 unspecified atom stereocenters. The van der Waals surface area contributed by atoms with E-state index in [4.69, 9.17) is 4.74 Å². The minimum atomic E-state index is 0.639. The zero-order valence-electron chi connectivity index (χ0n) is 15.5. The van der Waals surface area contributed by atoms with Gasteiger partial charge in [-0.05, 0) is 36.8 Å². The topological polar surface area (TPSA) is 48.9 Å².